The van der Waals surface area contributed by atoms with Crippen molar-refractivity contribution in [1.82, 2.24) is 4.73 Å². The number of nitro benzene ring substituents is 1. The van der Waals surface area contributed by atoms with Crippen LogP contribution in [-0.4, -0.2) is 15.6 Å². The number of amides is 1. The fraction of sp³-hybridized carbons (Fsp3) is 0.0526. The van der Waals surface area contributed by atoms with Gasteiger partial charge in [-0.25, -0.2) is 4.39 Å². The highest BCUT2D eigenvalue weighted by Crippen LogP contribution is 2.26. The highest BCUT2D eigenvalue weighted by Gasteiger charge is 2.16. The number of aromatic nitrogens is 1. The zero-order valence-corrected chi connectivity index (χ0v) is 15.4. The van der Waals surface area contributed by atoms with E-state index in [4.69, 9.17) is 16.4 Å². The van der Waals surface area contributed by atoms with Gasteiger partial charge in [-0.15, -0.1) is 0 Å². The second kappa shape index (κ2) is 8.53. The Balaban J connectivity index is 1.79. The maximum atomic E-state index is 12.9. The van der Waals surface area contributed by atoms with Gasteiger partial charge in [-0.05, 0) is 35.9 Å². The molecule has 0 aliphatic heterocycles. The molecule has 0 radical (unpaired) electrons. The summed E-state index contributed by atoms with van der Waals surface area (Å²) < 4.78 is 13.8. The molecule has 29 heavy (non-hydrogen) atoms. The molecule has 3 rings (SSSR count). The van der Waals surface area contributed by atoms with E-state index in [9.17, 15) is 24.1 Å². The first kappa shape index (κ1) is 20.0. The SMILES string of the molecule is O=C(Nc1cc([N+](=O)[O-])ccc1Cl)c1cccn(OCc2ccc(F)cc2)c1=O. The van der Waals surface area contributed by atoms with Gasteiger partial charge in [0.25, 0.3) is 17.2 Å². The number of halogens is 2. The van der Waals surface area contributed by atoms with Gasteiger partial charge in [0.15, 0.2) is 0 Å². The lowest BCUT2D eigenvalue weighted by Crippen LogP contribution is -2.32. The standard InChI is InChI=1S/C19H13ClFN3O5/c20-16-8-7-14(24(27)28)10-17(16)22-18(25)15-2-1-9-23(19(15)26)29-11-12-3-5-13(21)6-4-12/h1-10H,11H2,(H,22,25). The summed E-state index contributed by atoms with van der Waals surface area (Å²) in [6.45, 7) is -0.0258. The average molecular weight is 418 g/mol. The van der Waals surface area contributed by atoms with Crippen LogP contribution in [0.4, 0.5) is 15.8 Å². The molecule has 0 saturated carbocycles. The third-order valence-corrected chi connectivity index (χ3v) is 4.18. The molecule has 1 heterocycles. The van der Waals surface area contributed by atoms with Crippen LogP contribution in [0.25, 0.3) is 0 Å². The normalized spacial score (nSPS) is 10.4. The number of benzene rings is 2. The van der Waals surface area contributed by atoms with E-state index >= 15 is 0 Å². The Morgan fingerprint density at radius 1 is 1.21 bits per heavy atom. The molecule has 148 valence electrons. The molecule has 0 atom stereocenters. The smallest absolute Gasteiger partial charge is 0.295 e. The first-order valence-corrected chi connectivity index (χ1v) is 8.57. The molecule has 0 spiro atoms. The Bertz CT molecular complexity index is 1130. The number of non-ortho nitro benzene ring substituents is 1. The van der Waals surface area contributed by atoms with E-state index in [2.05, 4.69) is 5.32 Å². The van der Waals surface area contributed by atoms with Crippen LogP contribution in [0.15, 0.2) is 65.6 Å². The molecular weight excluding hydrogens is 405 g/mol. The maximum Gasteiger partial charge on any atom is 0.295 e. The van der Waals surface area contributed by atoms with Crippen molar-refractivity contribution < 1.29 is 18.9 Å². The molecular formula is C19H13ClFN3O5. The Labute approximate surface area is 168 Å². The monoisotopic (exact) mass is 417 g/mol. The summed E-state index contributed by atoms with van der Waals surface area (Å²) in [7, 11) is 0. The Hall–Kier alpha value is -3.72. The predicted octanol–water partition coefficient (Wildman–Crippen LogP) is 3.43. The highest BCUT2D eigenvalue weighted by atomic mass is 35.5. The van der Waals surface area contributed by atoms with Gasteiger partial charge in [-0.2, -0.15) is 4.73 Å². The Morgan fingerprint density at radius 3 is 2.62 bits per heavy atom. The Morgan fingerprint density at radius 2 is 1.93 bits per heavy atom. The molecule has 1 amide bonds. The van der Waals surface area contributed by atoms with Crippen LogP contribution in [0.5, 0.6) is 0 Å². The van der Waals surface area contributed by atoms with Crippen LogP contribution in [0.2, 0.25) is 5.02 Å². The van der Waals surface area contributed by atoms with Crippen molar-refractivity contribution >= 4 is 28.9 Å². The molecule has 1 N–H and O–H groups in total. The van der Waals surface area contributed by atoms with Gasteiger partial charge >= 0.3 is 0 Å². The van der Waals surface area contributed by atoms with E-state index in [0.717, 1.165) is 10.8 Å². The number of nitrogens with one attached hydrogen (secondary N) is 1. The van der Waals surface area contributed by atoms with Gasteiger partial charge in [-0.3, -0.25) is 19.7 Å². The van der Waals surface area contributed by atoms with Crippen molar-refractivity contribution in [2.24, 2.45) is 0 Å². The second-order valence-corrected chi connectivity index (χ2v) is 6.24. The number of hydrogen-bond donors (Lipinski definition) is 1. The average Bonchev–Trinajstić information content (AvgIpc) is 2.70. The third kappa shape index (κ3) is 4.77. The summed E-state index contributed by atoms with van der Waals surface area (Å²) in [6, 6.07) is 11.8. The predicted molar refractivity (Wildman–Crippen MR) is 103 cm³/mol. The molecule has 1 aromatic heterocycles. The number of hydrogen-bond acceptors (Lipinski definition) is 5. The van der Waals surface area contributed by atoms with Crippen molar-refractivity contribution in [3.05, 3.63) is 103 Å². The van der Waals surface area contributed by atoms with E-state index < -0.39 is 22.2 Å². The quantitative estimate of drug-likeness (QED) is 0.489. The number of carbonyl (C=O) groups excluding carboxylic acids is 1. The lowest BCUT2D eigenvalue weighted by Gasteiger charge is -2.11. The molecule has 0 bridgehead atoms. The van der Waals surface area contributed by atoms with Crippen molar-refractivity contribution in [1.29, 1.82) is 0 Å². The summed E-state index contributed by atoms with van der Waals surface area (Å²) in [4.78, 5) is 40.6. The molecule has 2 aromatic carbocycles. The van der Waals surface area contributed by atoms with Gasteiger partial charge in [0.1, 0.15) is 18.0 Å². The summed E-state index contributed by atoms with van der Waals surface area (Å²) in [5, 5.41) is 13.3. The van der Waals surface area contributed by atoms with Gasteiger partial charge in [0.05, 0.1) is 15.6 Å². The van der Waals surface area contributed by atoms with Gasteiger partial charge < -0.3 is 10.2 Å². The molecule has 0 aliphatic rings. The van der Waals surface area contributed by atoms with Gasteiger partial charge in [0, 0.05) is 18.3 Å². The van der Waals surface area contributed by atoms with Gasteiger partial charge in [-0.1, -0.05) is 23.7 Å². The lowest BCUT2D eigenvalue weighted by atomic mass is 10.2. The molecule has 0 saturated heterocycles. The third-order valence-electron chi connectivity index (χ3n) is 3.85. The van der Waals surface area contributed by atoms with Crippen LogP contribution in [0, 0.1) is 15.9 Å². The molecule has 0 aliphatic carbocycles. The summed E-state index contributed by atoms with van der Waals surface area (Å²) >= 11 is 5.96. The van der Waals surface area contributed by atoms with Crippen LogP contribution in [0.1, 0.15) is 15.9 Å². The lowest BCUT2D eigenvalue weighted by molar-refractivity contribution is -0.384. The van der Waals surface area contributed by atoms with Crippen molar-refractivity contribution in [2.75, 3.05) is 5.32 Å². The van der Waals surface area contributed by atoms with Crippen LogP contribution >= 0.6 is 11.6 Å². The van der Waals surface area contributed by atoms with E-state index in [1.807, 2.05) is 0 Å². The van der Waals surface area contributed by atoms with E-state index in [0.29, 0.717) is 5.56 Å². The molecule has 8 nitrogen and oxygen atoms in total. The zero-order valence-electron chi connectivity index (χ0n) is 14.7. The number of carbonyl (C=O) groups is 1. The molecule has 10 heteroatoms. The first-order chi connectivity index (χ1) is 13.8. The van der Waals surface area contributed by atoms with Crippen molar-refractivity contribution in [2.45, 2.75) is 6.61 Å². The minimum Gasteiger partial charge on any atom is -0.406 e. The maximum absolute atomic E-state index is 12.9. The summed E-state index contributed by atoms with van der Waals surface area (Å²) in [6.07, 6.45) is 1.32. The minimum absolute atomic E-state index is 0.00657. The number of rotatable bonds is 6. The van der Waals surface area contributed by atoms with Crippen LogP contribution < -0.4 is 15.7 Å². The molecule has 0 unspecified atom stereocenters. The van der Waals surface area contributed by atoms with Crippen molar-refractivity contribution in [3.8, 4) is 0 Å². The first-order valence-electron chi connectivity index (χ1n) is 8.20. The second-order valence-electron chi connectivity index (χ2n) is 5.83. The van der Waals surface area contributed by atoms with Crippen molar-refractivity contribution in [3.63, 3.8) is 0 Å². The number of nitro groups is 1. The topological polar surface area (TPSA) is 103 Å². The fourth-order valence-corrected chi connectivity index (χ4v) is 2.55. The van der Waals surface area contributed by atoms with Gasteiger partial charge in [0.2, 0.25) is 0 Å². The largest absolute Gasteiger partial charge is 0.406 e. The molecule has 3 aromatic rings. The number of anilines is 1. The van der Waals surface area contributed by atoms with E-state index in [1.165, 1.54) is 54.7 Å². The minimum atomic E-state index is -0.808. The number of pyridine rings is 1. The molecule has 0 fully saturated rings. The number of nitrogens with zero attached hydrogens (tertiary/aromatic N) is 2. The zero-order chi connectivity index (χ0) is 21.0. The van der Waals surface area contributed by atoms with E-state index in [1.54, 1.807) is 0 Å². The van der Waals surface area contributed by atoms with Crippen LogP contribution in [0.3, 0.4) is 0 Å². The summed E-state index contributed by atoms with van der Waals surface area (Å²) in [5.74, 6) is -1.21. The van der Waals surface area contributed by atoms with E-state index in [-0.39, 0.29) is 28.6 Å². The highest BCUT2D eigenvalue weighted by molar-refractivity contribution is 6.34. The fourth-order valence-electron chi connectivity index (χ4n) is 2.39. The van der Waals surface area contributed by atoms with Crippen LogP contribution in [-0.2, 0) is 6.61 Å². The Kier molecular flexibility index (Phi) is 5.89. The summed E-state index contributed by atoms with van der Waals surface area (Å²) in [5.41, 5.74) is -0.648.